The van der Waals surface area contributed by atoms with Crippen molar-refractivity contribution in [3.05, 3.63) is 119 Å². The van der Waals surface area contributed by atoms with Crippen molar-refractivity contribution in [2.75, 3.05) is 13.1 Å². The second-order valence-corrected chi connectivity index (χ2v) is 9.28. The molecular weight excluding hydrogens is 423 g/mol. The van der Waals surface area contributed by atoms with Crippen LogP contribution in [-0.4, -0.2) is 23.9 Å². The third-order valence-electron chi connectivity index (χ3n) is 7.00. The van der Waals surface area contributed by atoms with Crippen LogP contribution in [0.5, 0.6) is 0 Å². The maximum atomic E-state index is 13.1. The molecule has 1 amide bonds. The first-order valence-corrected chi connectivity index (χ1v) is 12.0. The van der Waals surface area contributed by atoms with E-state index in [0.29, 0.717) is 25.9 Å². The number of hydrogen-bond donors (Lipinski definition) is 1. The number of benzene rings is 3. The molecule has 34 heavy (non-hydrogen) atoms. The fourth-order valence-electron chi connectivity index (χ4n) is 4.92. The predicted molar refractivity (Wildman–Crippen MR) is 136 cm³/mol. The maximum Gasteiger partial charge on any atom is 0.222 e. The Morgan fingerprint density at radius 2 is 1.68 bits per heavy atom. The smallest absolute Gasteiger partial charge is 0.222 e. The van der Waals surface area contributed by atoms with Gasteiger partial charge in [-0.1, -0.05) is 78.9 Å². The Labute approximate surface area is 202 Å². The first kappa shape index (κ1) is 23.7. The molecule has 1 aliphatic rings. The average Bonchev–Trinajstić information content (AvgIpc) is 2.87. The van der Waals surface area contributed by atoms with Crippen molar-refractivity contribution < 1.29 is 9.18 Å². The van der Waals surface area contributed by atoms with Crippen molar-refractivity contribution >= 4 is 5.91 Å². The first-order valence-electron chi connectivity index (χ1n) is 12.0. The van der Waals surface area contributed by atoms with Crippen molar-refractivity contribution in [1.82, 2.24) is 10.2 Å². The average molecular weight is 457 g/mol. The van der Waals surface area contributed by atoms with Crippen molar-refractivity contribution in [3.8, 4) is 0 Å². The van der Waals surface area contributed by atoms with Crippen LogP contribution < -0.4 is 5.32 Å². The fourth-order valence-corrected chi connectivity index (χ4v) is 4.92. The quantitative estimate of drug-likeness (QED) is 0.456. The third kappa shape index (κ3) is 5.56. The number of aryl methyl sites for hydroxylation is 2. The van der Waals surface area contributed by atoms with Crippen LogP contribution in [0.4, 0.5) is 4.39 Å². The number of carbonyl (C=O) groups excluding carboxylic acids is 1. The third-order valence-corrected chi connectivity index (χ3v) is 7.00. The highest BCUT2D eigenvalue weighted by Crippen LogP contribution is 2.40. The first-order chi connectivity index (χ1) is 16.5. The molecular formula is C30H33FN2O. The van der Waals surface area contributed by atoms with Crippen LogP contribution in [-0.2, 0) is 23.2 Å². The Morgan fingerprint density at radius 1 is 0.971 bits per heavy atom. The van der Waals surface area contributed by atoms with E-state index < -0.39 is 0 Å². The van der Waals surface area contributed by atoms with Gasteiger partial charge < -0.3 is 10.2 Å². The lowest BCUT2D eigenvalue weighted by molar-refractivity contribution is -0.132. The van der Waals surface area contributed by atoms with E-state index in [1.54, 1.807) is 12.1 Å². The highest BCUT2D eigenvalue weighted by Gasteiger charge is 2.39. The molecule has 3 nitrogen and oxygen atoms in total. The summed E-state index contributed by atoms with van der Waals surface area (Å²) in [6.07, 6.45) is 2.73. The molecule has 0 atom stereocenters. The molecule has 3 aromatic rings. The number of amides is 1. The van der Waals surface area contributed by atoms with Gasteiger partial charge >= 0.3 is 0 Å². The maximum absolute atomic E-state index is 13.1. The number of allylic oxidation sites excluding steroid dienone is 1. The summed E-state index contributed by atoms with van der Waals surface area (Å²) in [4.78, 5) is 14.9. The van der Waals surface area contributed by atoms with Gasteiger partial charge in [0, 0.05) is 37.2 Å². The summed E-state index contributed by atoms with van der Waals surface area (Å²) in [5.74, 6) is -0.0936. The lowest BCUT2D eigenvalue weighted by Crippen LogP contribution is -2.48. The molecule has 0 aliphatic carbocycles. The molecule has 0 spiro atoms. The predicted octanol–water partition coefficient (Wildman–Crippen LogP) is 5.93. The number of nitrogens with one attached hydrogen (secondary N) is 1. The van der Waals surface area contributed by atoms with Gasteiger partial charge in [0.1, 0.15) is 5.82 Å². The molecule has 0 saturated carbocycles. The molecule has 0 unspecified atom stereocenters. The lowest BCUT2D eigenvalue weighted by atomic mass is 9.70. The van der Waals surface area contributed by atoms with Gasteiger partial charge in [0.2, 0.25) is 5.91 Å². The molecule has 0 radical (unpaired) electrons. The second-order valence-electron chi connectivity index (χ2n) is 9.28. The molecule has 3 aromatic carbocycles. The summed E-state index contributed by atoms with van der Waals surface area (Å²) in [5.41, 5.74) is 5.51. The summed E-state index contributed by atoms with van der Waals surface area (Å²) >= 11 is 0. The van der Waals surface area contributed by atoms with Crippen LogP contribution >= 0.6 is 0 Å². The second kappa shape index (κ2) is 10.7. The molecule has 0 bridgehead atoms. The van der Waals surface area contributed by atoms with Crippen LogP contribution in [0, 0.1) is 12.7 Å². The zero-order chi connectivity index (χ0) is 24.0. The zero-order valence-corrected chi connectivity index (χ0v) is 19.9. The molecule has 0 aromatic heterocycles. The molecule has 1 aliphatic heterocycles. The Kier molecular flexibility index (Phi) is 7.46. The van der Waals surface area contributed by atoms with Crippen LogP contribution in [0.3, 0.4) is 0 Å². The van der Waals surface area contributed by atoms with E-state index in [2.05, 4.69) is 67.4 Å². The van der Waals surface area contributed by atoms with Gasteiger partial charge in [-0.15, -0.1) is 0 Å². The monoisotopic (exact) mass is 456 g/mol. The minimum atomic E-state index is -0.250. The summed E-state index contributed by atoms with van der Waals surface area (Å²) in [5, 5.41) is 3.60. The molecule has 1 fully saturated rings. The Bertz CT molecular complexity index is 1120. The summed E-state index contributed by atoms with van der Waals surface area (Å²) < 4.78 is 13.1. The minimum absolute atomic E-state index is 0.157. The van der Waals surface area contributed by atoms with Gasteiger partial charge in [-0.2, -0.15) is 0 Å². The van der Waals surface area contributed by atoms with Gasteiger partial charge in [0.15, 0.2) is 0 Å². The van der Waals surface area contributed by atoms with Crippen LogP contribution in [0.2, 0.25) is 0 Å². The Morgan fingerprint density at radius 3 is 2.35 bits per heavy atom. The van der Waals surface area contributed by atoms with E-state index in [1.807, 2.05) is 11.0 Å². The molecule has 1 saturated heterocycles. The summed E-state index contributed by atoms with van der Waals surface area (Å²) in [6.45, 7) is 8.70. The number of hydrogen-bond acceptors (Lipinski definition) is 2. The molecule has 4 rings (SSSR count). The van der Waals surface area contributed by atoms with E-state index in [1.165, 1.54) is 28.8 Å². The van der Waals surface area contributed by atoms with Gasteiger partial charge in [0.25, 0.3) is 0 Å². The van der Waals surface area contributed by atoms with E-state index in [4.69, 9.17) is 0 Å². The number of likely N-dealkylation sites (tertiary alicyclic amines) is 1. The van der Waals surface area contributed by atoms with Gasteiger partial charge in [-0.05, 0) is 55.0 Å². The molecule has 1 N–H and O–H groups in total. The normalized spacial score (nSPS) is 15.1. The summed E-state index contributed by atoms with van der Waals surface area (Å²) in [7, 11) is 0. The molecule has 176 valence electrons. The number of halogens is 1. The SMILES string of the molecule is C=C(NCc1cccc(C)c1)C1(c2ccccc2)CCN(C(=O)CCc2ccc(F)cc2)CC1. The lowest BCUT2D eigenvalue weighted by Gasteiger charge is -2.44. The van der Waals surface area contributed by atoms with Gasteiger partial charge in [0.05, 0.1) is 0 Å². The zero-order valence-electron chi connectivity index (χ0n) is 19.9. The van der Waals surface area contributed by atoms with E-state index >= 15 is 0 Å². The Balaban J connectivity index is 1.41. The molecule has 4 heteroatoms. The largest absolute Gasteiger partial charge is 0.384 e. The van der Waals surface area contributed by atoms with Crippen molar-refractivity contribution in [1.29, 1.82) is 0 Å². The highest BCUT2D eigenvalue weighted by atomic mass is 19.1. The van der Waals surface area contributed by atoms with Gasteiger partial charge in [-0.3, -0.25) is 4.79 Å². The molecule has 1 heterocycles. The van der Waals surface area contributed by atoms with E-state index in [9.17, 15) is 9.18 Å². The number of piperidine rings is 1. The van der Waals surface area contributed by atoms with Crippen molar-refractivity contribution in [2.45, 2.75) is 44.6 Å². The number of nitrogens with zero attached hydrogens (tertiary/aromatic N) is 1. The van der Waals surface area contributed by atoms with Crippen LogP contribution in [0.1, 0.15) is 41.5 Å². The van der Waals surface area contributed by atoms with Crippen molar-refractivity contribution in [2.24, 2.45) is 0 Å². The number of rotatable bonds is 8. The highest BCUT2D eigenvalue weighted by molar-refractivity contribution is 5.76. The van der Waals surface area contributed by atoms with E-state index in [0.717, 1.165) is 30.6 Å². The van der Waals surface area contributed by atoms with Crippen molar-refractivity contribution in [3.63, 3.8) is 0 Å². The fraction of sp³-hybridized carbons (Fsp3) is 0.300. The number of carbonyl (C=O) groups is 1. The van der Waals surface area contributed by atoms with Gasteiger partial charge in [-0.25, -0.2) is 4.39 Å². The Hall–Kier alpha value is -3.40. The van der Waals surface area contributed by atoms with Crippen LogP contribution in [0.25, 0.3) is 0 Å². The summed E-state index contributed by atoms with van der Waals surface area (Å²) in [6, 6.07) is 25.4. The topological polar surface area (TPSA) is 32.3 Å². The van der Waals surface area contributed by atoms with Crippen LogP contribution in [0.15, 0.2) is 91.1 Å². The minimum Gasteiger partial charge on any atom is -0.384 e. The van der Waals surface area contributed by atoms with E-state index in [-0.39, 0.29) is 17.1 Å². The standard InChI is InChI=1S/C30H33FN2O/c1-23-7-6-8-26(21-23)22-32-24(2)30(27-9-4-3-5-10-27)17-19-33(20-18-30)29(34)16-13-25-11-14-28(31)15-12-25/h3-12,14-15,21,32H,2,13,16-20,22H2,1H3.